The van der Waals surface area contributed by atoms with Crippen LogP contribution in [0.5, 0.6) is 0 Å². The number of imidazole rings is 1. The van der Waals surface area contributed by atoms with Crippen LogP contribution >= 0.6 is 0 Å². The van der Waals surface area contributed by atoms with E-state index in [9.17, 15) is 9.59 Å². The number of H-pyrrole nitrogens is 2. The van der Waals surface area contributed by atoms with Crippen LogP contribution in [-0.2, 0) is 16.4 Å². The van der Waals surface area contributed by atoms with Gasteiger partial charge in [-0.2, -0.15) is 0 Å². The maximum atomic E-state index is 11.9. The van der Waals surface area contributed by atoms with Crippen LogP contribution in [0.25, 0.3) is 17.2 Å². The molecular formula is C15H22BN5O4. The van der Waals surface area contributed by atoms with E-state index in [4.69, 9.17) is 15.0 Å². The first-order chi connectivity index (χ1) is 11.6. The summed E-state index contributed by atoms with van der Waals surface area (Å²) in [5, 5.41) is 0. The first-order valence-electron chi connectivity index (χ1n) is 8.01. The van der Waals surface area contributed by atoms with E-state index < -0.39 is 29.6 Å². The Hall–Kier alpha value is -2.17. The van der Waals surface area contributed by atoms with Gasteiger partial charge in [-0.25, -0.2) is 9.78 Å². The lowest BCUT2D eigenvalue weighted by Gasteiger charge is -2.32. The fourth-order valence-corrected chi connectivity index (χ4v) is 2.58. The largest absolute Gasteiger partial charge is 0.491 e. The van der Waals surface area contributed by atoms with Gasteiger partial charge < -0.3 is 20.0 Å². The van der Waals surface area contributed by atoms with E-state index in [1.54, 1.807) is 6.08 Å². The highest BCUT2D eigenvalue weighted by molar-refractivity contribution is 6.55. The molecule has 10 heteroatoms. The second kappa shape index (κ2) is 5.68. The molecule has 1 aliphatic heterocycles. The van der Waals surface area contributed by atoms with Gasteiger partial charge in [-0.1, -0.05) is 0 Å². The SMILES string of the molecule is Cn1c(=O)[nH]c(=O)c2[nH]c(C=C(CN)B3OC(C)(C)C(C)(C)O3)nc21. The molecule has 1 fully saturated rings. The molecule has 4 N–H and O–H groups in total. The Morgan fingerprint density at radius 1 is 1.24 bits per heavy atom. The molecule has 0 bridgehead atoms. The summed E-state index contributed by atoms with van der Waals surface area (Å²) in [6, 6.07) is 0. The van der Waals surface area contributed by atoms with E-state index in [0.29, 0.717) is 11.3 Å². The fourth-order valence-electron chi connectivity index (χ4n) is 2.58. The van der Waals surface area contributed by atoms with Crippen molar-refractivity contribution in [3.8, 4) is 0 Å². The van der Waals surface area contributed by atoms with Gasteiger partial charge in [0.1, 0.15) is 11.3 Å². The van der Waals surface area contributed by atoms with Crippen LogP contribution in [-0.4, -0.2) is 44.4 Å². The predicted octanol–water partition coefficient (Wildman–Crippen LogP) is -0.0766. The van der Waals surface area contributed by atoms with Gasteiger partial charge in [0, 0.05) is 13.6 Å². The first-order valence-corrected chi connectivity index (χ1v) is 8.01. The summed E-state index contributed by atoms with van der Waals surface area (Å²) in [5.41, 5.74) is 5.02. The summed E-state index contributed by atoms with van der Waals surface area (Å²) in [6.45, 7) is 8.02. The maximum absolute atomic E-state index is 11.9. The average molecular weight is 347 g/mol. The van der Waals surface area contributed by atoms with Gasteiger partial charge in [0.2, 0.25) is 0 Å². The van der Waals surface area contributed by atoms with Crippen molar-refractivity contribution in [2.45, 2.75) is 38.9 Å². The van der Waals surface area contributed by atoms with Crippen LogP contribution in [0.1, 0.15) is 33.5 Å². The molecule has 0 radical (unpaired) electrons. The van der Waals surface area contributed by atoms with Crippen LogP contribution in [0.15, 0.2) is 15.1 Å². The lowest BCUT2D eigenvalue weighted by atomic mass is 9.78. The Morgan fingerprint density at radius 3 is 2.40 bits per heavy atom. The molecule has 134 valence electrons. The lowest BCUT2D eigenvalue weighted by Crippen LogP contribution is -2.41. The van der Waals surface area contributed by atoms with E-state index in [1.807, 2.05) is 27.7 Å². The first kappa shape index (κ1) is 17.7. The zero-order valence-corrected chi connectivity index (χ0v) is 15.0. The molecule has 25 heavy (non-hydrogen) atoms. The minimum absolute atomic E-state index is 0.198. The molecule has 2 aromatic rings. The number of aromatic nitrogens is 4. The molecular weight excluding hydrogens is 325 g/mol. The Balaban J connectivity index is 2.03. The van der Waals surface area contributed by atoms with Gasteiger partial charge in [0.15, 0.2) is 5.65 Å². The topological polar surface area (TPSA) is 128 Å². The number of nitrogens with one attached hydrogen (secondary N) is 2. The minimum Gasteiger partial charge on any atom is -0.400 e. The van der Waals surface area contributed by atoms with Crippen LogP contribution < -0.4 is 17.0 Å². The molecule has 0 aliphatic carbocycles. The Kier molecular flexibility index (Phi) is 4.01. The number of aromatic amines is 2. The molecule has 0 atom stereocenters. The normalized spacial score (nSPS) is 19.8. The third-order valence-electron chi connectivity index (χ3n) is 4.89. The number of nitrogens with two attached hydrogens (primary N) is 1. The summed E-state index contributed by atoms with van der Waals surface area (Å²) in [7, 11) is 0.929. The average Bonchev–Trinajstić information content (AvgIpc) is 3.02. The predicted molar refractivity (Wildman–Crippen MR) is 95.1 cm³/mol. The zero-order valence-electron chi connectivity index (χ0n) is 15.0. The Labute approximate surface area is 144 Å². The molecule has 2 aromatic heterocycles. The standard InChI is InChI=1S/C15H22BN5O4/c1-14(2)15(3,4)25-16(24-14)8(7-17)6-9-18-10-11(19-9)21(5)13(23)20-12(10)22/h6H,7,17H2,1-5H3,(H,18,19)(H,20,22,23). The van der Waals surface area contributed by atoms with E-state index in [0.717, 1.165) is 0 Å². The van der Waals surface area contributed by atoms with Crippen LogP contribution in [0.4, 0.5) is 0 Å². The zero-order chi connectivity index (χ0) is 18.6. The van der Waals surface area contributed by atoms with Gasteiger partial charge in [0.05, 0.1) is 11.2 Å². The third-order valence-corrected chi connectivity index (χ3v) is 4.89. The molecule has 1 saturated heterocycles. The molecule has 0 amide bonds. The van der Waals surface area contributed by atoms with Gasteiger partial charge >= 0.3 is 12.8 Å². The van der Waals surface area contributed by atoms with Crippen molar-refractivity contribution in [3.05, 3.63) is 32.1 Å². The van der Waals surface area contributed by atoms with Crippen molar-refractivity contribution in [2.75, 3.05) is 6.54 Å². The van der Waals surface area contributed by atoms with E-state index in [1.165, 1.54) is 11.6 Å². The summed E-state index contributed by atoms with van der Waals surface area (Å²) >= 11 is 0. The summed E-state index contributed by atoms with van der Waals surface area (Å²) in [6.07, 6.45) is 1.69. The Bertz CT molecular complexity index is 952. The van der Waals surface area contributed by atoms with E-state index in [-0.39, 0.29) is 17.7 Å². The Morgan fingerprint density at radius 2 is 1.84 bits per heavy atom. The highest BCUT2D eigenvalue weighted by Crippen LogP contribution is 2.38. The number of nitrogens with zero attached hydrogens (tertiary/aromatic N) is 2. The van der Waals surface area contributed by atoms with Crippen LogP contribution in [0.3, 0.4) is 0 Å². The lowest BCUT2D eigenvalue weighted by molar-refractivity contribution is 0.00578. The third kappa shape index (κ3) is 2.86. The molecule has 0 aromatic carbocycles. The van der Waals surface area contributed by atoms with Crippen molar-refractivity contribution >= 4 is 24.4 Å². The van der Waals surface area contributed by atoms with Crippen molar-refractivity contribution < 1.29 is 9.31 Å². The molecule has 0 unspecified atom stereocenters. The van der Waals surface area contributed by atoms with Gasteiger partial charge in [-0.05, 0) is 39.2 Å². The summed E-state index contributed by atoms with van der Waals surface area (Å²) in [5.74, 6) is 0.400. The molecule has 0 spiro atoms. The number of hydrogen-bond acceptors (Lipinski definition) is 6. The fraction of sp³-hybridized carbons (Fsp3) is 0.533. The van der Waals surface area contributed by atoms with Gasteiger partial charge in [0.25, 0.3) is 5.56 Å². The molecule has 9 nitrogen and oxygen atoms in total. The number of aryl methyl sites for hydroxylation is 1. The van der Waals surface area contributed by atoms with Crippen molar-refractivity contribution in [2.24, 2.45) is 12.8 Å². The van der Waals surface area contributed by atoms with Crippen LogP contribution in [0.2, 0.25) is 0 Å². The summed E-state index contributed by atoms with van der Waals surface area (Å²) in [4.78, 5) is 33.0. The highest BCUT2D eigenvalue weighted by atomic mass is 16.7. The van der Waals surface area contributed by atoms with Crippen molar-refractivity contribution in [1.29, 1.82) is 0 Å². The van der Waals surface area contributed by atoms with Crippen molar-refractivity contribution in [1.82, 2.24) is 19.5 Å². The molecule has 0 saturated carbocycles. The molecule has 3 rings (SSSR count). The second-order valence-corrected chi connectivity index (χ2v) is 7.15. The number of rotatable bonds is 3. The number of hydrogen-bond donors (Lipinski definition) is 3. The van der Waals surface area contributed by atoms with Crippen molar-refractivity contribution in [3.63, 3.8) is 0 Å². The van der Waals surface area contributed by atoms with Gasteiger partial charge in [-0.3, -0.25) is 14.3 Å². The van der Waals surface area contributed by atoms with E-state index in [2.05, 4.69) is 15.0 Å². The molecule has 3 heterocycles. The monoisotopic (exact) mass is 347 g/mol. The maximum Gasteiger partial charge on any atom is 0.491 e. The smallest absolute Gasteiger partial charge is 0.400 e. The highest BCUT2D eigenvalue weighted by Gasteiger charge is 2.52. The van der Waals surface area contributed by atoms with Gasteiger partial charge in [-0.15, -0.1) is 0 Å². The second-order valence-electron chi connectivity index (χ2n) is 7.15. The quantitative estimate of drug-likeness (QED) is 0.667. The van der Waals surface area contributed by atoms with E-state index >= 15 is 0 Å². The van der Waals surface area contributed by atoms with Crippen LogP contribution in [0, 0.1) is 0 Å². The summed E-state index contributed by atoms with van der Waals surface area (Å²) < 4.78 is 13.3. The minimum atomic E-state index is -0.606. The molecule has 1 aliphatic rings. The number of fused-ring (bicyclic) bond motifs is 1.